The molecule has 1 amide bonds. The number of hydrogen-bond donors (Lipinski definition) is 0. The fourth-order valence-electron chi connectivity index (χ4n) is 3.62. The second-order valence-electron chi connectivity index (χ2n) is 7.06. The summed E-state index contributed by atoms with van der Waals surface area (Å²) in [7, 11) is 0. The number of carbonyl (C=O) groups excluding carboxylic acids is 1. The Morgan fingerprint density at radius 1 is 1.21 bits per heavy atom. The quantitative estimate of drug-likeness (QED) is 0.673. The molecule has 1 unspecified atom stereocenters. The summed E-state index contributed by atoms with van der Waals surface area (Å²) in [4.78, 5) is 19.1. The number of amides is 1. The molecule has 1 atom stereocenters. The largest absolute Gasteiger partial charge is 0.486 e. The van der Waals surface area contributed by atoms with Crippen molar-refractivity contribution in [2.24, 2.45) is 0 Å². The van der Waals surface area contributed by atoms with Crippen LogP contribution in [0, 0.1) is 0 Å². The lowest BCUT2D eigenvalue weighted by molar-refractivity contribution is -0.135. The first kappa shape index (κ1) is 20.1. The lowest BCUT2D eigenvalue weighted by atomic mass is 10.1. The Balaban J connectivity index is 1.46. The summed E-state index contributed by atoms with van der Waals surface area (Å²) < 4.78 is 19.1. The zero-order chi connectivity index (χ0) is 20.2. The Kier molecular flexibility index (Phi) is 6.30. The van der Waals surface area contributed by atoms with Gasteiger partial charge in [-0.1, -0.05) is 18.7 Å². The third-order valence-electron chi connectivity index (χ3n) is 5.24. The molecule has 2 aliphatic rings. The molecular weight excluding hydrogens is 390 g/mol. The van der Waals surface area contributed by atoms with Gasteiger partial charge < -0.3 is 23.7 Å². The van der Waals surface area contributed by atoms with Crippen molar-refractivity contribution in [2.75, 3.05) is 38.7 Å². The minimum Gasteiger partial charge on any atom is -0.486 e. The molecule has 1 aromatic heterocycles. The molecule has 8 heteroatoms. The second kappa shape index (κ2) is 9.09. The number of aromatic nitrogens is 2. The van der Waals surface area contributed by atoms with E-state index in [4.69, 9.17) is 14.2 Å². The molecule has 0 spiro atoms. The Hall–Kier alpha value is -2.19. The van der Waals surface area contributed by atoms with Crippen molar-refractivity contribution in [3.05, 3.63) is 24.4 Å². The summed E-state index contributed by atoms with van der Waals surface area (Å²) in [5.74, 6) is 2.07. The lowest BCUT2D eigenvalue weighted by Gasteiger charge is -2.32. The predicted octanol–water partition coefficient (Wildman–Crippen LogP) is 3.07. The molecular formula is C21H27N3O4S. The maximum atomic E-state index is 12.7. The number of hydrogen-bond acceptors (Lipinski definition) is 6. The van der Waals surface area contributed by atoms with Crippen LogP contribution in [-0.2, 0) is 16.1 Å². The fraction of sp³-hybridized carbons (Fsp3) is 0.524. The Labute approximate surface area is 175 Å². The molecule has 0 aliphatic carbocycles. The Morgan fingerprint density at radius 2 is 2.03 bits per heavy atom. The standard InChI is InChI=1S/C21H27N3O4S/c1-3-16-13-23(7-8-26-16)20(25)14-29-21-22-12-17(24(21)4-2)15-5-6-18-19(11-15)28-10-9-27-18/h5-6,11-12,16H,3-4,7-10,13-14H2,1-2H3. The van der Waals surface area contributed by atoms with E-state index in [2.05, 4.69) is 23.4 Å². The lowest BCUT2D eigenvalue weighted by Crippen LogP contribution is -2.46. The van der Waals surface area contributed by atoms with Gasteiger partial charge in [0.1, 0.15) is 13.2 Å². The van der Waals surface area contributed by atoms with E-state index < -0.39 is 0 Å². The van der Waals surface area contributed by atoms with E-state index in [9.17, 15) is 4.79 Å². The van der Waals surface area contributed by atoms with E-state index in [-0.39, 0.29) is 12.0 Å². The number of fused-ring (bicyclic) bond motifs is 1. The number of nitrogens with zero attached hydrogens (tertiary/aromatic N) is 3. The molecule has 4 rings (SSSR count). The van der Waals surface area contributed by atoms with Crippen LogP contribution in [-0.4, -0.2) is 65.1 Å². The predicted molar refractivity (Wildman–Crippen MR) is 112 cm³/mol. The van der Waals surface area contributed by atoms with Crippen molar-refractivity contribution in [1.82, 2.24) is 14.5 Å². The number of carbonyl (C=O) groups is 1. The summed E-state index contributed by atoms with van der Waals surface area (Å²) >= 11 is 1.49. The third-order valence-corrected chi connectivity index (χ3v) is 6.22. The van der Waals surface area contributed by atoms with Crippen molar-refractivity contribution in [1.29, 1.82) is 0 Å². The number of ether oxygens (including phenoxy) is 3. The molecule has 0 saturated carbocycles. The van der Waals surface area contributed by atoms with Crippen LogP contribution in [0.4, 0.5) is 0 Å². The molecule has 0 bridgehead atoms. The Bertz CT molecular complexity index is 870. The summed E-state index contributed by atoms with van der Waals surface area (Å²) in [6, 6.07) is 5.96. The van der Waals surface area contributed by atoms with E-state index in [0.717, 1.165) is 40.9 Å². The summed E-state index contributed by atoms with van der Waals surface area (Å²) in [6.45, 7) is 8.06. The molecule has 3 heterocycles. The average molecular weight is 418 g/mol. The van der Waals surface area contributed by atoms with Crippen molar-refractivity contribution in [3.63, 3.8) is 0 Å². The van der Waals surface area contributed by atoms with E-state index in [1.54, 1.807) is 0 Å². The van der Waals surface area contributed by atoms with Crippen LogP contribution in [0.3, 0.4) is 0 Å². The van der Waals surface area contributed by atoms with Crippen LogP contribution < -0.4 is 9.47 Å². The summed E-state index contributed by atoms with van der Waals surface area (Å²) in [5, 5.41) is 0.853. The van der Waals surface area contributed by atoms with Gasteiger partial charge in [-0.3, -0.25) is 4.79 Å². The van der Waals surface area contributed by atoms with Crippen molar-refractivity contribution < 1.29 is 19.0 Å². The van der Waals surface area contributed by atoms with E-state index in [1.165, 1.54) is 11.8 Å². The monoisotopic (exact) mass is 417 g/mol. The van der Waals surface area contributed by atoms with Gasteiger partial charge in [-0.25, -0.2) is 4.98 Å². The molecule has 7 nitrogen and oxygen atoms in total. The van der Waals surface area contributed by atoms with Gasteiger partial charge in [0.15, 0.2) is 16.7 Å². The highest BCUT2D eigenvalue weighted by atomic mass is 32.2. The molecule has 2 aromatic rings. The van der Waals surface area contributed by atoms with Crippen LogP contribution in [0.25, 0.3) is 11.3 Å². The van der Waals surface area contributed by atoms with Crippen molar-refractivity contribution in [2.45, 2.75) is 38.1 Å². The van der Waals surface area contributed by atoms with Gasteiger partial charge in [-0.05, 0) is 31.5 Å². The van der Waals surface area contributed by atoms with Gasteiger partial charge in [-0.2, -0.15) is 0 Å². The highest BCUT2D eigenvalue weighted by Gasteiger charge is 2.24. The molecule has 0 N–H and O–H groups in total. The molecule has 29 heavy (non-hydrogen) atoms. The fourth-order valence-corrected chi connectivity index (χ4v) is 4.57. The minimum atomic E-state index is 0.142. The third kappa shape index (κ3) is 4.38. The van der Waals surface area contributed by atoms with Gasteiger partial charge in [0.2, 0.25) is 5.91 Å². The van der Waals surface area contributed by atoms with Gasteiger partial charge >= 0.3 is 0 Å². The molecule has 156 valence electrons. The van der Waals surface area contributed by atoms with Crippen LogP contribution in [0.1, 0.15) is 20.3 Å². The number of imidazole rings is 1. The molecule has 2 aliphatic heterocycles. The van der Waals surface area contributed by atoms with Gasteiger partial charge in [0.05, 0.1) is 30.4 Å². The molecule has 1 fully saturated rings. The number of thioether (sulfide) groups is 1. The van der Waals surface area contributed by atoms with Crippen LogP contribution >= 0.6 is 11.8 Å². The first-order valence-electron chi connectivity index (χ1n) is 10.2. The van der Waals surface area contributed by atoms with Crippen molar-refractivity contribution in [3.8, 4) is 22.8 Å². The van der Waals surface area contributed by atoms with Crippen LogP contribution in [0.2, 0.25) is 0 Å². The first-order chi connectivity index (χ1) is 14.2. The number of benzene rings is 1. The Morgan fingerprint density at radius 3 is 2.83 bits per heavy atom. The van der Waals surface area contributed by atoms with Gasteiger partial charge in [0, 0.05) is 25.2 Å². The first-order valence-corrected chi connectivity index (χ1v) is 11.2. The number of rotatable bonds is 6. The normalized spacial score (nSPS) is 18.7. The topological polar surface area (TPSA) is 65.8 Å². The van der Waals surface area contributed by atoms with Gasteiger partial charge in [0.25, 0.3) is 0 Å². The van der Waals surface area contributed by atoms with Crippen LogP contribution in [0.5, 0.6) is 11.5 Å². The number of morpholine rings is 1. The minimum absolute atomic E-state index is 0.142. The summed E-state index contributed by atoms with van der Waals surface area (Å²) in [5.41, 5.74) is 2.04. The smallest absolute Gasteiger partial charge is 0.233 e. The van der Waals surface area contributed by atoms with E-state index in [0.29, 0.717) is 38.7 Å². The highest BCUT2D eigenvalue weighted by molar-refractivity contribution is 7.99. The maximum Gasteiger partial charge on any atom is 0.233 e. The second-order valence-corrected chi connectivity index (χ2v) is 8.00. The highest BCUT2D eigenvalue weighted by Crippen LogP contribution is 2.35. The van der Waals surface area contributed by atoms with Gasteiger partial charge in [-0.15, -0.1) is 0 Å². The SMILES string of the molecule is CCC1CN(C(=O)CSc2ncc(-c3ccc4c(c3)OCCO4)n2CC)CCO1. The molecule has 1 saturated heterocycles. The van der Waals surface area contributed by atoms with Crippen LogP contribution in [0.15, 0.2) is 29.6 Å². The van der Waals surface area contributed by atoms with Crippen molar-refractivity contribution >= 4 is 17.7 Å². The van der Waals surface area contributed by atoms with E-state index in [1.807, 2.05) is 29.3 Å². The maximum absolute atomic E-state index is 12.7. The van der Waals surface area contributed by atoms with E-state index >= 15 is 0 Å². The zero-order valence-corrected chi connectivity index (χ0v) is 17.7. The zero-order valence-electron chi connectivity index (χ0n) is 16.9. The summed E-state index contributed by atoms with van der Waals surface area (Å²) in [6.07, 6.45) is 2.94. The molecule has 0 radical (unpaired) electrons. The molecule has 1 aromatic carbocycles. The average Bonchev–Trinajstić information content (AvgIpc) is 3.20.